The van der Waals surface area contributed by atoms with Gasteiger partial charge in [0.05, 0.1) is 0 Å². The second-order valence-corrected chi connectivity index (χ2v) is 6.41. The molecule has 20 heavy (non-hydrogen) atoms. The number of carbonyl (C=O) groups is 2. The first-order valence-corrected chi connectivity index (χ1v) is 8.18. The Hall–Kier alpha value is -1.06. The van der Waals surface area contributed by atoms with Gasteiger partial charge in [-0.05, 0) is 26.7 Å². The van der Waals surface area contributed by atoms with Crippen molar-refractivity contribution in [1.29, 1.82) is 0 Å². The molecule has 0 radical (unpaired) electrons. The van der Waals surface area contributed by atoms with E-state index in [2.05, 4.69) is 13.8 Å². The fourth-order valence-electron chi connectivity index (χ4n) is 2.72. The molecule has 2 aliphatic rings. The maximum Gasteiger partial charge on any atom is 0.222 e. The molecule has 0 aliphatic carbocycles. The fourth-order valence-corrected chi connectivity index (χ4v) is 2.72. The number of rotatable bonds is 9. The van der Waals surface area contributed by atoms with Crippen LogP contribution >= 0.6 is 0 Å². The lowest BCUT2D eigenvalue weighted by Crippen LogP contribution is -2.11. The van der Waals surface area contributed by atoms with Gasteiger partial charge >= 0.3 is 0 Å². The van der Waals surface area contributed by atoms with Crippen LogP contribution in [0.25, 0.3) is 0 Å². The average molecular weight is 280 g/mol. The van der Waals surface area contributed by atoms with Crippen molar-refractivity contribution < 1.29 is 9.59 Å². The monoisotopic (exact) mass is 280 g/mol. The van der Waals surface area contributed by atoms with Crippen molar-refractivity contribution in [2.75, 3.05) is 13.1 Å². The SMILES string of the molecule is CC1CN1C(=O)CCCCCCCCC(=O)N1CC1C. The zero-order valence-electron chi connectivity index (χ0n) is 12.9. The lowest BCUT2D eigenvalue weighted by atomic mass is 10.1. The van der Waals surface area contributed by atoms with Crippen LogP contribution < -0.4 is 0 Å². The predicted octanol–water partition coefficient (Wildman–Crippen LogP) is 2.57. The highest BCUT2D eigenvalue weighted by molar-refractivity contribution is 5.79. The van der Waals surface area contributed by atoms with Gasteiger partial charge in [0.2, 0.25) is 11.8 Å². The molecule has 4 heteroatoms. The number of amides is 2. The number of hydrogen-bond acceptors (Lipinski definition) is 2. The highest BCUT2D eigenvalue weighted by Crippen LogP contribution is 2.20. The Morgan fingerprint density at radius 3 is 1.35 bits per heavy atom. The van der Waals surface area contributed by atoms with Crippen LogP contribution in [-0.4, -0.2) is 46.8 Å². The molecule has 0 bridgehead atoms. The highest BCUT2D eigenvalue weighted by Gasteiger charge is 2.33. The second kappa shape index (κ2) is 7.09. The first-order valence-electron chi connectivity index (χ1n) is 8.18. The van der Waals surface area contributed by atoms with E-state index in [0.717, 1.165) is 51.6 Å². The quantitative estimate of drug-likeness (QED) is 0.481. The lowest BCUT2D eigenvalue weighted by Gasteiger charge is -2.04. The molecule has 0 aromatic heterocycles. The van der Waals surface area contributed by atoms with Crippen molar-refractivity contribution >= 4 is 11.8 Å². The predicted molar refractivity (Wildman–Crippen MR) is 79.3 cm³/mol. The van der Waals surface area contributed by atoms with Gasteiger partial charge in [-0.3, -0.25) is 9.59 Å². The van der Waals surface area contributed by atoms with Crippen LogP contribution in [0.5, 0.6) is 0 Å². The van der Waals surface area contributed by atoms with Crippen molar-refractivity contribution in [1.82, 2.24) is 9.80 Å². The highest BCUT2D eigenvalue weighted by atomic mass is 16.2. The number of hydrogen-bond donors (Lipinski definition) is 0. The van der Waals surface area contributed by atoms with E-state index in [-0.39, 0.29) is 0 Å². The van der Waals surface area contributed by atoms with Crippen LogP contribution in [0.1, 0.15) is 65.2 Å². The standard InChI is InChI=1S/C16H28N2O2/c1-13-11-17(13)15(19)9-7-5-3-4-6-8-10-16(20)18-12-14(18)2/h13-14H,3-12H2,1-2H3. The molecule has 4 nitrogen and oxygen atoms in total. The van der Waals surface area contributed by atoms with Crippen LogP contribution in [0.2, 0.25) is 0 Å². The largest absolute Gasteiger partial charge is 0.336 e. The van der Waals surface area contributed by atoms with Crippen molar-refractivity contribution in [2.24, 2.45) is 0 Å². The summed E-state index contributed by atoms with van der Waals surface area (Å²) in [6, 6.07) is 0.981. The minimum atomic E-state index is 0.329. The van der Waals surface area contributed by atoms with Gasteiger partial charge in [-0.15, -0.1) is 0 Å². The molecule has 2 saturated heterocycles. The summed E-state index contributed by atoms with van der Waals surface area (Å²) in [5.41, 5.74) is 0. The summed E-state index contributed by atoms with van der Waals surface area (Å²) in [4.78, 5) is 27.1. The maximum absolute atomic E-state index is 11.6. The summed E-state index contributed by atoms with van der Waals surface area (Å²) >= 11 is 0. The third-order valence-electron chi connectivity index (χ3n) is 4.39. The van der Waals surface area contributed by atoms with Crippen molar-refractivity contribution in [3.05, 3.63) is 0 Å². The fraction of sp³-hybridized carbons (Fsp3) is 0.875. The molecule has 2 atom stereocenters. The second-order valence-electron chi connectivity index (χ2n) is 6.41. The van der Waals surface area contributed by atoms with Crippen LogP contribution in [0.4, 0.5) is 0 Å². The zero-order valence-corrected chi connectivity index (χ0v) is 12.9. The Bertz CT molecular complexity index is 322. The van der Waals surface area contributed by atoms with E-state index < -0.39 is 0 Å². The van der Waals surface area contributed by atoms with E-state index in [9.17, 15) is 9.59 Å². The summed E-state index contributed by atoms with van der Waals surface area (Å²) in [6.45, 7) is 6.11. The maximum atomic E-state index is 11.6. The third kappa shape index (κ3) is 4.80. The molecule has 2 amide bonds. The van der Waals surface area contributed by atoms with E-state index in [1.54, 1.807) is 0 Å². The van der Waals surface area contributed by atoms with Gasteiger partial charge in [-0.25, -0.2) is 0 Å². The normalized spacial score (nSPS) is 23.9. The molecular weight excluding hydrogens is 252 g/mol. The Labute approximate surface area is 122 Å². The molecule has 2 unspecified atom stereocenters. The molecule has 0 saturated carbocycles. The van der Waals surface area contributed by atoms with Gasteiger partial charge in [-0.1, -0.05) is 25.7 Å². The van der Waals surface area contributed by atoms with Gasteiger partial charge in [0.25, 0.3) is 0 Å². The first kappa shape index (κ1) is 15.3. The van der Waals surface area contributed by atoms with Gasteiger partial charge in [0, 0.05) is 38.0 Å². The minimum Gasteiger partial charge on any atom is -0.336 e. The van der Waals surface area contributed by atoms with Gasteiger partial charge in [0.1, 0.15) is 0 Å². The van der Waals surface area contributed by atoms with Gasteiger partial charge in [-0.2, -0.15) is 0 Å². The number of nitrogens with zero attached hydrogens (tertiary/aromatic N) is 2. The molecule has 2 rings (SSSR count). The number of carbonyl (C=O) groups excluding carboxylic acids is 2. The summed E-state index contributed by atoms with van der Waals surface area (Å²) in [6.07, 6.45) is 8.15. The van der Waals surface area contributed by atoms with Gasteiger partial charge in [0.15, 0.2) is 0 Å². The van der Waals surface area contributed by atoms with E-state index in [0.29, 0.717) is 23.9 Å². The molecular formula is C16H28N2O2. The summed E-state index contributed by atoms with van der Waals surface area (Å²) < 4.78 is 0. The van der Waals surface area contributed by atoms with Crippen molar-refractivity contribution in [2.45, 2.75) is 77.3 Å². The lowest BCUT2D eigenvalue weighted by molar-refractivity contribution is -0.127. The summed E-state index contributed by atoms with van der Waals surface area (Å²) in [7, 11) is 0. The minimum absolute atomic E-state index is 0.329. The Balaban J connectivity index is 1.35. The molecule has 0 N–H and O–H groups in total. The van der Waals surface area contributed by atoms with Crippen LogP contribution in [0.15, 0.2) is 0 Å². The Morgan fingerprint density at radius 1 is 0.750 bits per heavy atom. The smallest absolute Gasteiger partial charge is 0.222 e. The third-order valence-corrected chi connectivity index (χ3v) is 4.39. The summed E-state index contributed by atoms with van der Waals surface area (Å²) in [5.74, 6) is 0.659. The van der Waals surface area contributed by atoms with Crippen LogP contribution in [-0.2, 0) is 9.59 Å². The molecule has 2 heterocycles. The molecule has 0 aromatic carbocycles. The molecule has 0 aromatic rings. The van der Waals surface area contributed by atoms with Crippen LogP contribution in [0.3, 0.4) is 0 Å². The van der Waals surface area contributed by atoms with E-state index in [4.69, 9.17) is 0 Å². The first-order chi connectivity index (χ1) is 9.59. The number of unbranched alkanes of at least 4 members (excludes halogenated alkanes) is 5. The molecule has 2 fully saturated rings. The summed E-state index contributed by atoms with van der Waals surface area (Å²) in [5, 5.41) is 0. The average Bonchev–Trinajstić information content (AvgIpc) is 3.31. The van der Waals surface area contributed by atoms with Crippen molar-refractivity contribution in [3.8, 4) is 0 Å². The van der Waals surface area contributed by atoms with Crippen LogP contribution in [0, 0.1) is 0 Å². The molecule has 114 valence electrons. The zero-order chi connectivity index (χ0) is 14.5. The molecule has 2 aliphatic heterocycles. The Kier molecular flexibility index (Phi) is 5.44. The van der Waals surface area contributed by atoms with Gasteiger partial charge < -0.3 is 9.80 Å². The van der Waals surface area contributed by atoms with E-state index in [1.165, 1.54) is 12.8 Å². The van der Waals surface area contributed by atoms with E-state index >= 15 is 0 Å². The Morgan fingerprint density at radius 2 is 1.05 bits per heavy atom. The molecule has 0 spiro atoms. The van der Waals surface area contributed by atoms with E-state index in [1.807, 2.05) is 9.80 Å². The van der Waals surface area contributed by atoms with Crippen molar-refractivity contribution in [3.63, 3.8) is 0 Å². The topological polar surface area (TPSA) is 40.2 Å².